The molecule has 0 aliphatic carbocycles. The van der Waals surface area contributed by atoms with Crippen molar-refractivity contribution in [2.24, 2.45) is 0 Å². The van der Waals surface area contributed by atoms with Gasteiger partial charge in [0.15, 0.2) is 0 Å². The van der Waals surface area contributed by atoms with Gasteiger partial charge in [0, 0.05) is 10.7 Å². The summed E-state index contributed by atoms with van der Waals surface area (Å²) in [5.41, 5.74) is 6.01. The number of nitrogens with one attached hydrogen (secondary N) is 1. The fraction of sp³-hybridized carbons (Fsp3) is 0.333. The molecule has 152 valence electrons. The van der Waals surface area contributed by atoms with Gasteiger partial charge in [-0.05, 0) is 65.9 Å². The number of hydrogen-bond donors (Lipinski definition) is 1. The molecule has 0 atom stereocenters. The first-order valence-electron chi connectivity index (χ1n) is 9.53. The SMILES string of the molecule is CCc1ccc(Cl)c(CC)c1NC(=O)CSc1nnnn1-c1ccc(C)cc1C. The molecule has 3 rings (SSSR count). The maximum Gasteiger partial charge on any atom is 0.234 e. The molecule has 1 aromatic heterocycles. The minimum absolute atomic E-state index is 0.114. The van der Waals surface area contributed by atoms with Crippen LogP contribution in [0, 0.1) is 13.8 Å². The Labute approximate surface area is 180 Å². The number of halogens is 1. The van der Waals surface area contributed by atoms with Crippen molar-refractivity contribution in [3.8, 4) is 5.69 Å². The van der Waals surface area contributed by atoms with Crippen LogP contribution < -0.4 is 5.32 Å². The van der Waals surface area contributed by atoms with E-state index in [9.17, 15) is 4.79 Å². The zero-order valence-corrected chi connectivity index (χ0v) is 18.6. The Bertz CT molecular complexity index is 1030. The summed E-state index contributed by atoms with van der Waals surface area (Å²) >= 11 is 7.63. The van der Waals surface area contributed by atoms with Crippen molar-refractivity contribution in [3.05, 3.63) is 57.6 Å². The highest BCUT2D eigenvalue weighted by atomic mass is 35.5. The zero-order valence-electron chi connectivity index (χ0n) is 17.0. The Hall–Kier alpha value is -2.38. The quantitative estimate of drug-likeness (QED) is 0.546. The molecule has 1 amide bonds. The smallest absolute Gasteiger partial charge is 0.234 e. The van der Waals surface area contributed by atoms with Gasteiger partial charge in [-0.15, -0.1) is 5.10 Å². The van der Waals surface area contributed by atoms with Crippen LogP contribution in [0.15, 0.2) is 35.5 Å². The van der Waals surface area contributed by atoms with Crippen LogP contribution in [0.1, 0.15) is 36.1 Å². The van der Waals surface area contributed by atoms with E-state index in [-0.39, 0.29) is 11.7 Å². The van der Waals surface area contributed by atoms with E-state index in [2.05, 4.69) is 33.8 Å². The Balaban J connectivity index is 1.75. The van der Waals surface area contributed by atoms with Crippen molar-refractivity contribution >= 4 is 35.0 Å². The third-order valence-electron chi connectivity index (χ3n) is 4.69. The summed E-state index contributed by atoms with van der Waals surface area (Å²) in [6.45, 7) is 8.15. The molecular formula is C21H24ClN5OS. The first-order valence-corrected chi connectivity index (χ1v) is 10.9. The fourth-order valence-corrected chi connectivity index (χ4v) is 4.21. The van der Waals surface area contributed by atoms with Crippen molar-refractivity contribution in [1.29, 1.82) is 0 Å². The van der Waals surface area contributed by atoms with Gasteiger partial charge in [0.2, 0.25) is 11.1 Å². The van der Waals surface area contributed by atoms with Gasteiger partial charge >= 0.3 is 0 Å². The van der Waals surface area contributed by atoms with Crippen LogP contribution in [0.25, 0.3) is 5.69 Å². The summed E-state index contributed by atoms with van der Waals surface area (Å²) < 4.78 is 1.67. The molecule has 6 nitrogen and oxygen atoms in total. The Morgan fingerprint density at radius 3 is 2.66 bits per heavy atom. The van der Waals surface area contributed by atoms with E-state index in [0.29, 0.717) is 10.2 Å². The highest BCUT2D eigenvalue weighted by Crippen LogP contribution is 2.30. The van der Waals surface area contributed by atoms with E-state index < -0.39 is 0 Å². The van der Waals surface area contributed by atoms with Crippen molar-refractivity contribution < 1.29 is 4.79 Å². The lowest BCUT2D eigenvalue weighted by atomic mass is 10.0. The highest BCUT2D eigenvalue weighted by Gasteiger charge is 2.16. The number of aryl methyl sites for hydroxylation is 3. The van der Waals surface area contributed by atoms with Crippen LogP contribution >= 0.6 is 23.4 Å². The molecule has 8 heteroatoms. The van der Waals surface area contributed by atoms with E-state index >= 15 is 0 Å². The average molecular weight is 430 g/mol. The maximum atomic E-state index is 12.7. The number of rotatable bonds is 7. The Kier molecular flexibility index (Phi) is 6.92. The van der Waals surface area contributed by atoms with E-state index in [1.165, 1.54) is 17.3 Å². The van der Waals surface area contributed by atoms with Crippen LogP contribution in [0.2, 0.25) is 5.02 Å². The largest absolute Gasteiger partial charge is 0.325 e. The molecule has 0 radical (unpaired) electrons. The number of hydrogen-bond acceptors (Lipinski definition) is 5. The molecule has 2 aromatic carbocycles. The van der Waals surface area contributed by atoms with Gasteiger partial charge in [0.05, 0.1) is 11.4 Å². The third kappa shape index (κ3) is 4.79. The summed E-state index contributed by atoms with van der Waals surface area (Å²) in [5, 5.41) is 16.2. The van der Waals surface area contributed by atoms with Gasteiger partial charge in [-0.1, -0.05) is 61.0 Å². The third-order valence-corrected chi connectivity index (χ3v) is 5.97. The van der Waals surface area contributed by atoms with Gasteiger partial charge in [0.1, 0.15) is 0 Å². The molecule has 0 saturated heterocycles. The second-order valence-corrected chi connectivity index (χ2v) is 8.12. The second-order valence-electron chi connectivity index (χ2n) is 6.77. The standard InChI is InChI=1S/C21H24ClN5OS/c1-5-15-8-9-17(22)16(6-2)20(15)23-19(28)12-29-21-24-25-26-27(21)18-10-7-13(3)11-14(18)4/h7-11H,5-6,12H2,1-4H3,(H,23,28). The topological polar surface area (TPSA) is 72.7 Å². The number of aromatic nitrogens is 4. The van der Waals surface area contributed by atoms with E-state index in [1.807, 2.05) is 45.0 Å². The summed E-state index contributed by atoms with van der Waals surface area (Å²) in [6.07, 6.45) is 1.57. The summed E-state index contributed by atoms with van der Waals surface area (Å²) in [4.78, 5) is 12.7. The van der Waals surface area contributed by atoms with Crippen LogP contribution in [0.5, 0.6) is 0 Å². The number of anilines is 1. The number of carbonyl (C=O) groups excluding carboxylic acids is 1. The minimum Gasteiger partial charge on any atom is -0.325 e. The molecular weight excluding hydrogens is 406 g/mol. The van der Waals surface area contributed by atoms with Gasteiger partial charge in [0.25, 0.3) is 0 Å². The van der Waals surface area contributed by atoms with Gasteiger partial charge < -0.3 is 5.32 Å². The molecule has 0 aliphatic rings. The Morgan fingerprint density at radius 1 is 1.17 bits per heavy atom. The molecule has 0 bridgehead atoms. The molecule has 1 N–H and O–H groups in total. The molecule has 0 saturated carbocycles. The number of amides is 1. The minimum atomic E-state index is -0.114. The van der Waals surface area contributed by atoms with Crippen molar-refractivity contribution in [3.63, 3.8) is 0 Å². The summed E-state index contributed by atoms with van der Waals surface area (Å²) in [7, 11) is 0. The fourth-order valence-electron chi connectivity index (χ4n) is 3.24. The van der Waals surface area contributed by atoms with Gasteiger partial charge in [-0.3, -0.25) is 4.79 Å². The number of carbonyl (C=O) groups is 1. The van der Waals surface area contributed by atoms with E-state index in [4.69, 9.17) is 11.6 Å². The van der Waals surface area contributed by atoms with Crippen LogP contribution in [-0.4, -0.2) is 31.9 Å². The molecule has 29 heavy (non-hydrogen) atoms. The maximum absolute atomic E-state index is 12.7. The summed E-state index contributed by atoms with van der Waals surface area (Å²) in [5.74, 6) is 0.0845. The predicted octanol–water partition coefficient (Wildman–Crippen LogP) is 4.79. The van der Waals surface area contributed by atoms with Crippen molar-refractivity contribution in [2.45, 2.75) is 45.7 Å². The predicted molar refractivity (Wildman–Crippen MR) is 118 cm³/mol. The Morgan fingerprint density at radius 2 is 1.97 bits per heavy atom. The molecule has 1 heterocycles. The zero-order chi connectivity index (χ0) is 21.0. The number of thioether (sulfide) groups is 1. The molecule has 0 spiro atoms. The first-order chi connectivity index (χ1) is 13.9. The summed E-state index contributed by atoms with van der Waals surface area (Å²) in [6, 6.07) is 9.93. The number of benzene rings is 2. The molecule has 0 unspecified atom stereocenters. The molecule has 3 aromatic rings. The number of nitrogens with zero attached hydrogens (tertiary/aromatic N) is 4. The lowest BCUT2D eigenvalue weighted by Gasteiger charge is -2.16. The van der Waals surface area contributed by atoms with Crippen molar-refractivity contribution in [2.75, 3.05) is 11.1 Å². The van der Waals surface area contributed by atoms with Gasteiger partial charge in [-0.25, -0.2) is 0 Å². The molecule has 0 aliphatic heterocycles. The van der Waals surface area contributed by atoms with Crippen LogP contribution in [-0.2, 0) is 17.6 Å². The lowest BCUT2D eigenvalue weighted by molar-refractivity contribution is -0.113. The second kappa shape index (κ2) is 9.41. The highest BCUT2D eigenvalue weighted by molar-refractivity contribution is 7.99. The van der Waals surface area contributed by atoms with Crippen molar-refractivity contribution in [1.82, 2.24) is 20.2 Å². The van der Waals surface area contributed by atoms with Gasteiger partial charge in [-0.2, -0.15) is 4.68 Å². The normalized spacial score (nSPS) is 10.9. The molecule has 0 fully saturated rings. The van der Waals surface area contributed by atoms with Crippen LogP contribution in [0.3, 0.4) is 0 Å². The monoisotopic (exact) mass is 429 g/mol. The average Bonchev–Trinajstić information content (AvgIpc) is 3.15. The number of tetrazole rings is 1. The van der Waals surface area contributed by atoms with E-state index in [0.717, 1.165) is 40.9 Å². The van der Waals surface area contributed by atoms with E-state index in [1.54, 1.807) is 4.68 Å². The first kappa shape index (κ1) is 21.3. The lowest BCUT2D eigenvalue weighted by Crippen LogP contribution is -2.17. The van der Waals surface area contributed by atoms with Crippen LogP contribution in [0.4, 0.5) is 5.69 Å².